The number of halogens is 1. The van der Waals surface area contributed by atoms with Gasteiger partial charge in [0.25, 0.3) is 5.91 Å². The monoisotopic (exact) mass is 342 g/mol. The van der Waals surface area contributed by atoms with Crippen molar-refractivity contribution in [2.24, 2.45) is 0 Å². The Bertz CT molecular complexity index is 877. The first-order chi connectivity index (χ1) is 12.1. The van der Waals surface area contributed by atoms with Gasteiger partial charge in [0.15, 0.2) is 23.0 Å². The molecule has 0 fully saturated rings. The van der Waals surface area contributed by atoms with E-state index in [9.17, 15) is 14.3 Å². The van der Waals surface area contributed by atoms with Crippen molar-refractivity contribution in [3.63, 3.8) is 0 Å². The summed E-state index contributed by atoms with van der Waals surface area (Å²) in [6.07, 6.45) is 1.48. The molecule has 0 radical (unpaired) electrons. The van der Waals surface area contributed by atoms with Crippen LogP contribution >= 0.6 is 0 Å². The van der Waals surface area contributed by atoms with E-state index in [4.69, 9.17) is 9.15 Å². The number of methoxy groups -OCH3 is 1. The number of furan rings is 1. The van der Waals surface area contributed by atoms with Gasteiger partial charge in [-0.15, -0.1) is 0 Å². The number of ether oxygens (including phenoxy) is 1. The third kappa shape index (κ3) is 3.60. The molecule has 0 aliphatic carbocycles. The van der Waals surface area contributed by atoms with Gasteiger partial charge >= 0.3 is 0 Å². The summed E-state index contributed by atoms with van der Waals surface area (Å²) in [5, 5.41) is 12.8. The molecule has 1 aromatic carbocycles. The number of pyridine rings is 1. The molecule has 0 atom stereocenters. The van der Waals surface area contributed by atoms with E-state index in [0.717, 1.165) is 0 Å². The molecule has 0 bridgehead atoms. The van der Waals surface area contributed by atoms with Crippen molar-refractivity contribution < 1.29 is 23.4 Å². The van der Waals surface area contributed by atoms with Crippen LogP contribution in [0.1, 0.15) is 16.1 Å². The van der Waals surface area contributed by atoms with E-state index in [1.165, 1.54) is 31.6 Å². The fourth-order valence-corrected chi connectivity index (χ4v) is 2.25. The third-order valence-corrected chi connectivity index (χ3v) is 3.53. The number of rotatable bonds is 5. The molecule has 2 N–H and O–H groups in total. The normalized spacial score (nSPS) is 10.5. The average molecular weight is 342 g/mol. The minimum atomic E-state index is -0.589. The maximum absolute atomic E-state index is 12.9. The molecular formula is C18H15FN2O4. The third-order valence-electron chi connectivity index (χ3n) is 3.53. The Morgan fingerprint density at radius 3 is 2.72 bits per heavy atom. The number of benzene rings is 1. The molecule has 128 valence electrons. The summed E-state index contributed by atoms with van der Waals surface area (Å²) in [5.41, 5.74) is 0.878. The molecule has 6 nitrogen and oxygen atoms in total. The van der Waals surface area contributed by atoms with Gasteiger partial charge in [-0.1, -0.05) is 12.1 Å². The second-order valence-electron chi connectivity index (χ2n) is 5.19. The number of nitrogens with zero attached hydrogens (tertiary/aromatic N) is 1. The standard InChI is InChI=1S/C18H15FN2O4/c1-24-15-9-13(14-3-2-8-25-14)21-16(17(15)22)18(23)20-10-11-4-6-12(19)7-5-11/h2-9,22H,10H2,1H3,(H,20,23). The largest absolute Gasteiger partial charge is 0.503 e. The van der Waals surface area contributed by atoms with Crippen molar-refractivity contribution in [1.82, 2.24) is 10.3 Å². The Morgan fingerprint density at radius 2 is 2.08 bits per heavy atom. The van der Waals surface area contributed by atoms with Crippen LogP contribution in [0.4, 0.5) is 4.39 Å². The van der Waals surface area contributed by atoms with Crippen molar-refractivity contribution >= 4 is 5.91 Å². The summed E-state index contributed by atoms with van der Waals surface area (Å²) in [7, 11) is 1.38. The van der Waals surface area contributed by atoms with Gasteiger partial charge in [-0.3, -0.25) is 4.79 Å². The molecule has 0 saturated heterocycles. The SMILES string of the molecule is COc1cc(-c2ccco2)nc(C(=O)NCc2ccc(F)cc2)c1O. The number of carbonyl (C=O) groups is 1. The molecule has 0 unspecified atom stereocenters. The van der Waals surface area contributed by atoms with E-state index in [1.54, 1.807) is 24.3 Å². The fourth-order valence-electron chi connectivity index (χ4n) is 2.25. The van der Waals surface area contributed by atoms with Crippen molar-refractivity contribution in [1.29, 1.82) is 0 Å². The highest BCUT2D eigenvalue weighted by Gasteiger charge is 2.20. The van der Waals surface area contributed by atoms with Gasteiger partial charge in [0.2, 0.25) is 0 Å². The van der Waals surface area contributed by atoms with Gasteiger partial charge in [-0.2, -0.15) is 0 Å². The van der Waals surface area contributed by atoms with E-state index in [-0.39, 0.29) is 29.6 Å². The van der Waals surface area contributed by atoms with E-state index < -0.39 is 5.91 Å². The van der Waals surface area contributed by atoms with Crippen LogP contribution in [-0.4, -0.2) is 23.1 Å². The van der Waals surface area contributed by atoms with E-state index in [1.807, 2.05) is 0 Å². The Balaban J connectivity index is 1.85. The lowest BCUT2D eigenvalue weighted by molar-refractivity contribution is 0.0942. The van der Waals surface area contributed by atoms with Crippen LogP contribution in [0.25, 0.3) is 11.5 Å². The Hall–Kier alpha value is -3.35. The Morgan fingerprint density at radius 1 is 1.32 bits per heavy atom. The highest BCUT2D eigenvalue weighted by molar-refractivity contribution is 5.96. The number of amides is 1. The lowest BCUT2D eigenvalue weighted by Gasteiger charge is -2.11. The van der Waals surface area contributed by atoms with E-state index in [0.29, 0.717) is 17.0 Å². The first kappa shape index (κ1) is 16.5. The number of nitrogens with one attached hydrogen (secondary N) is 1. The minimum Gasteiger partial charge on any atom is -0.503 e. The van der Waals surface area contributed by atoms with Gasteiger partial charge < -0.3 is 19.6 Å². The molecule has 3 aromatic rings. The van der Waals surface area contributed by atoms with Crippen molar-refractivity contribution in [2.45, 2.75) is 6.54 Å². The fraction of sp³-hybridized carbons (Fsp3) is 0.111. The van der Waals surface area contributed by atoms with E-state index >= 15 is 0 Å². The summed E-state index contributed by atoms with van der Waals surface area (Å²) in [6, 6.07) is 10.6. The van der Waals surface area contributed by atoms with Crippen LogP contribution in [-0.2, 0) is 6.54 Å². The van der Waals surface area contributed by atoms with Crippen LogP contribution in [0.5, 0.6) is 11.5 Å². The first-order valence-electron chi connectivity index (χ1n) is 7.43. The van der Waals surface area contributed by atoms with Crippen molar-refractivity contribution in [2.75, 3.05) is 7.11 Å². The second-order valence-corrected chi connectivity index (χ2v) is 5.19. The van der Waals surface area contributed by atoms with Crippen molar-refractivity contribution in [3.8, 4) is 23.0 Å². The maximum Gasteiger partial charge on any atom is 0.274 e. The molecule has 2 aromatic heterocycles. The predicted molar refractivity (Wildman–Crippen MR) is 87.7 cm³/mol. The van der Waals surface area contributed by atoms with Gasteiger partial charge in [0, 0.05) is 12.6 Å². The number of carbonyl (C=O) groups excluding carboxylic acids is 1. The average Bonchev–Trinajstić information content (AvgIpc) is 3.16. The summed E-state index contributed by atoms with van der Waals surface area (Å²) in [4.78, 5) is 16.6. The van der Waals surface area contributed by atoms with Crippen LogP contribution in [0.3, 0.4) is 0 Å². The first-order valence-corrected chi connectivity index (χ1v) is 7.43. The second kappa shape index (κ2) is 7.04. The summed E-state index contributed by atoms with van der Waals surface area (Å²) >= 11 is 0. The Labute approximate surface area is 142 Å². The quantitative estimate of drug-likeness (QED) is 0.744. The zero-order valence-corrected chi connectivity index (χ0v) is 13.3. The molecule has 7 heteroatoms. The smallest absolute Gasteiger partial charge is 0.274 e. The number of aromatic nitrogens is 1. The molecular weight excluding hydrogens is 327 g/mol. The topological polar surface area (TPSA) is 84.6 Å². The van der Waals surface area contributed by atoms with Crippen LogP contribution in [0.2, 0.25) is 0 Å². The summed E-state index contributed by atoms with van der Waals surface area (Å²) in [5.74, 6) is -0.771. The van der Waals surface area contributed by atoms with Crippen LogP contribution in [0.15, 0.2) is 53.1 Å². The van der Waals surface area contributed by atoms with Crippen LogP contribution in [0, 0.1) is 5.82 Å². The highest BCUT2D eigenvalue weighted by atomic mass is 19.1. The molecule has 2 heterocycles. The lowest BCUT2D eigenvalue weighted by Crippen LogP contribution is -2.24. The van der Waals surface area contributed by atoms with Gasteiger partial charge in [0.05, 0.1) is 13.4 Å². The molecule has 0 aliphatic heterocycles. The van der Waals surface area contributed by atoms with Crippen molar-refractivity contribution in [3.05, 3.63) is 65.8 Å². The zero-order chi connectivity index (χ0) is 17.8. The number of aromatic hydroxyl groups is 1. The molecule has 0 saturated carbocycles. The van der Waals surface area contributed by atoms with Gasteiger partial charge in [-0.25, -0.2) is 9.37 Å². The zero-order valence-electron chi connectivity index (χ0n) is 13.3. The summed E-state index contributed by atoms with van der Waals surface area (Å²) in [6.45, 7) is 0.160. The van der Waals surface area contributed by atoms with Gasteiger partial charge in [0.1, 0.15) is 11.5 Å². The summed E-state index contributed by atoms with van der Waals surface area (Å²) < 4.78 is 23.3. The molecule has 3 rings (SSSR count). The predicted octanol–water partition coefficient (Wildman–Crippen LogP) is 3.12. The molecule has 0 spiro atoms. The molecule has 0 aliphatic rings. The lowest BCUT2D eigenvalue weighted by atomic mass is 10.2. The van der Waals surface area contributed by atoms with Crippen LogP contribution < -0.4 is 10.1 Å². The van der Waals surface area contributed by atoms with E-state index in [2.05, 4.69) is 10.3 Å². The Kier molecular flexibility index (Phi) is 4.65. The highest BCUT2D eigenvalue weighted by Crippen LogP contribution is 2.33. The maximum atomic E-state index is 12.9. The molecule has 1 amide bonds. The number of hydrogen-bond donors (Lipinski definition) is 2. The molecule has 25 heavy (non-hydrogen) atoms. The number of hydrogen-bond acceptors (Lipinski definition) is 5. The minimum absolute atomic E-state index is 0.105. The van der Waals surface area contributed by atoms with Gasteiger partial charge in [-0.05, 0) is 29.8 Å².